The highest BCUT2D eigenvalue weighted by atomic mass is 32.2. The third-order valence-electron chi connectivity index (χ3n) is 4.33. The number of morpholine rings is 1. The minimum absolute atomic E-state index is 0.0309. The van der Waals surface area contributed by atoms with Gasteiger partial charge in [-0.2, -0.15) is 0 Å². The van der Waals surface area contributed by atoms with E-state index in [2.05, 4.69) is 39.5 Å². The lowest BCUT2D eigenvalue weighted by atomic mass is 10.2. The summed E-state index contributed by atoms with van der Waals surface area (Å²) in [6.07, 6.45) is 0. The van der Waals surface area contributed by atoms with Gasteiger partial charge in [0.25, 0.3) is 0 Å². The highest BCUT2D eigenvalue weighted by Crippen LogP contribution is 2.27. The summed E-state index contributed by atoms with van der Waals surface area (Å²) in [5.41, 5.74) is 2.14. The van der Waals surface area contributed by atoms with Gasteiger partial charge in [0, 0.05) is 26.2 Å². The Balaban J connectivity index is 1.80. The summed E-state index contributed by atoms with van der Waals surface area (Å²) in [6.45, 7) is 7.33. The Hall–Kier alpha value is -2.10. The van der Waals surface area contributed by atoms with E-state index in [1.54, 1.807) is 7.11 Å². The summed E-state index contributed by atoms with van der Waals surface area (Å²) in [5, 5.41) is 12.4. The van der Waals surface area contributed by atoms with E-state index in [0.29, 0.717) is 25.0 Å². The van der Waals surface area contributed by atoms with Crippen molar-refractivity contribution in [3.63, 3.8) is 0 Å². The Kier molecular flexibility index (Phi) is 7.30. The van der Waals surface area contributed by atoms with Gasteiger partial charge in [0.05, 0.1) is 31.3 Å². The van der Waals surface area contributed by atoms with Crippen LogP contribution in [0.15, 0.2) is 29.4 Å². The van der Waals surface area contributed by atoms with Gasteiger partial charge in [-0.05, 0) is 31.5 Å². The second-order valence-electron chi connectivity index (χ2n) is 6.77. The Morgan fingerprint density at radius 1 is 1.36 bits per heavy atom. The fourth-order valence-corrected chi connectivity index (χ4v) is 3.81. The number of carbonyl (C=O) groups excluding carboxylic acids is 1. The van der Waals surface area contributed by atoms with Crippen molar-refractivity contribution in [3.8, 4) is 5.69 Å². The van der Waals surface area contributed by atoms with Gasteiger partial charge in [-0.3, -0.25) is 9.36 Å². The standard InChI is InChI=1S/C19H27N5O3S/c1-14-5-4-6-16(11-14)24-18(23-7-9-27-10-8-23)21-22-19(24)28-13-17(25)20-15(2)12-26-3/h4-6,11,15H,7-10,12-13H2,1-3H3,(H,20,25). The zero-order valence-electron chi connectivity index (χ0n) is 16.6. The van der Waals surface area contributed by atoms with Gasteiger partial charge in [0.1, 0.15) is 0 Å². The van der Waals surface area contributed by atoms with E-state index in [1.165, 1.54) is 11.8 Å². The van der Waals surface area contributed by atoms with Crippen molar-refractivity contribution in [3.05, 3.63) is 29.8 Å². The van der Waals surface area contributed by atoms with Crippen molar-refractivity contribution in [2.24, 2.45) is 0 Å². The fraction of sp³-hybridized carbons (Fsp3) is 0.526. The highest BCUT2D eigenvalue weighted by Gasteiger charge is 2.22. The molecule has 1 unspecified atom stereocenters. The predicted octanol–water partition coefficient (Wildman–Crippen LogP) is 1.66. The Bertz CT molecular complexity index is 792. The molecule has 1 fully saturated rings. The van der Waals surface area contributed by atoms with E-state index in [1.807, 2.05) is 23.6 Å². The first-order valence-corrected chi connectivity index (χ1v) is 10.3. The van der Waals surface area contributed by atoms with Crippen LogP contribution in [0.2, 0.25) is 0 Å². The predicted molar refractivity (Wildman–Crippen MR) is 109 cm³/mol. The van der Waals surface area contributed by atoms with E-state index < -0.39 is 0 Å². The van der Waals surface area contributed by atoms with Crippen LogP contribution in [-0.4, -0.2) is 72.5 Å². The Morgan fingerprint density at radius 3 is 2.86 bits per heavy atom. The average molecular weight is 406 g/mol. The molecule has 0 aliphatic carbocycles. The number of nitrogens with one attached hydrogen (secondary N) is 1. The number of anilines is 1. The monoisotopic (exact) mass is 405 g/mol. The normalized spacial score (nSPS) is 15.5. The lowest BCUT2D eigenvalue weighted by molar-refractivity contribution is -0.119. The molecule has 1 aliphatic heterocycles. The lowest BCUT2D eigenvalue weighted by Gasteiger charge is -2.28. The number of hydrogen-bond donors (Lipinski definition) is 1. The van der Waals surface area contributed by atoms with Crippen LogP contribution in [-0.2, 0) is 14.3 Å². The SMILES string of the molecule is COCC(C)NC(=O)CSc1nnc(N2CCOCC2)n1-c1cccc(C)c1. The zero-order valence-corrected chi connectivity index (χ0v) is 17.4. The van der Waals surface area contributed by atoms with Crippen LogP contribution in [0.1, 0.15) is 12.5 Å². The number of nitrogens with zero attached hydrogens (tertiary/aromatic N) is 4. The van der Waals surface area contributed by atoms with Crippen LogP contribution in [0.25, 0.3) is 5.69 Å². The molecular weight excluding hydrogens is 378 g/mol. The fourth-order valence-electron chi connectivity index (χ4n) is 3.06. The van der Waals surface area contributed by atoms with Crippen molar-refractivity contribution >= 4 is 23.6 Å². The Morgan fingerprint density at radius 2 is 2.14 bits per heavy atom. The summed E-state index contributed by atoms with van der Waals surface area (Å²) in [6, 6.07) is 8.17. The van der Waals surface area contributed by atoms with Crippen molar-refractivity contribution in [1.29, 1.82) is 0 Å². The number of aryl methyl sites for hydroxylation is 1. The van der Waals surface area contributed by atoms with E-state index in [0.717, 1.165) is 30.3 Å². The molecule has 1 atom stereocenters. The van der Waals surface area contributed by atoms with Crippen LogP contribution in [0.3, 0.4) is 0 Å². The molecular formula is C19H27N5O3S. The lowest BCUT2D eigenvalue weighted by Crippen LogP contribution is -2.38. The number of rotatable bonds is 8. The molecule has 1 aromatic heterocycles. The van der Waals surface area contributed by atoms with Gasteiger partial charge in [0.2, 0.25) is 11.9 Å². The molecule has 152 valence electrons. The number of hydrogen-bond acceptors (Lipinski definition) is 7. The van der Waals surface area contributed by atoms with E-state index in [-0.39, 0.29) is 17.7 Å². The quantitative estimate of drug-likeness (QED) is 0.669. The van der Waals surface area contributed by atoms with Gasteiger partial charge >= 0.3 is 0 Å². The largest absolute Gasteiger partial charge is 0.383 e. The molecule has 1 saturated heterocycles. The molecule has 1 aromatic carbocycles. The minimum Gasteiger partial charge on any atom is -0.383 e. The molecule has 1 N–H and O–H groups in total. The number of thioether (sulfide) groups is 1. The average Bonchev–Trinajstić information content (AvgIpc) is 3.11. The number of aromatic nitrogens is 3. The highest BCUT2D eigenvalue weighted by molar-refractivity contribution is 7.99. The summed E-state index contributed by atoms with van der Waals surface area (Å²) in [5.74, 6) is 0.993. The Labute approximate surface area is 169 Å². The summed E-state index contributed by atoms with van der Waals surface area (Å²) in [4.78, 5) is 14.4. The molecule has 0 radical (unpaired) electrons. The molecule has 0 bridgehead atoms. The van der Waals surface area contributed by atoms with Crippen molar-refractivity contribution in [2.45, 2.75) is 25.0 Å². The number of ether oxygens (including phenoxy) is 2. The first-order chi connectivity index (χ1) is 13.6. The maximum absolute atomic E-state index is 12.2. The molecule has 1 amide bonds. The smallest absolute Gasteiger partial charge is 0.232 e. The minimum atomic E-state index is -0.0544. The van der Waals surface area contributed by atoms with E-state index in [4.69, 9.17) is 9.47 Å². The topological polar surface area (TPSA) is 81.5 Å². The molecule has 2 aromatic rings. The number of benzene rings is 1. The third kappa shape index (κ3) is 5.24. The van der Waals surface area contributed by atoms with Crippen molar-refractivity contribution in [2.75, 3.05) is 50.7 Å². The van der Waals surface area contributed by atoms with Crippen molar-refractivity contribution < 1.29 is 14.3 Å². The second kappa shape index (κ2) is 9.90. The first kappa shape index (κ1) is 20.6. The number of carbonyl (C=O) groups is 1. The molecule has 9 heteroatoms. The maximum Gasteiger partial charge on any atom is 0.232 e. The van der Waals surface area contributed by atoms with Gasteiger partial charge in [0.15, 0.2) is 5.16 Å². The molecule has 28 heavy (non-hydrogen) atoms. The number of amides is 1. The van der Waals surface area contributed by atoms with Crippen LogP contribution in [0.4, 0.5) is 5.95 Å². The van der Waals surface area contributed by atoms with E-state index in [9.17, 15) is 4.79 Å². The molecule has 2 heterocycles. The first-order valence-electron chi connectivity index (χ1n) is 9.34. The third-order valence-corrected chi connectivity index (χ3v) is 5.26. The second-order valence-corrected chi connectivity index (χ2v) is 7.71. The van der Waals surface area contributed by atoms with Gasteiger partial charge in [-0.15, -0.1) is 10.2 Å². The van der Waals surface area contributed by atoms with E-state index >= 15 is 0 Å². The molecule has 3 rings (SSSR count). The van der Waals surface area contributed by atoms with Crippen LogP contribution < -0.4 is 10.2 Å². The van der Waals surface area contributed by atoms with Crippen LogP contribution >= 0.6 is 11.8 Å². The van der Waals surface area contributed by atoms with Gasteiger partial charge in [-0.25, -0.2) is 0 Å². The molecule has 8 nitrogen and oxygen atoms in total. The summed E-state index contributed by atoms with van der Waals surface area (Å²) in [7, 11) is 1.62. The van der Waals surface area contributed by atoms with Crippen LogP contribution in [0, 0.1) is 6.92 Å². The van der Waals surface area contributed by atoms with Crippen molar-refractivity contribution in [1.82, 2.24) is 20.1 Å². The van der Waals surface area contributed by atoms with Crippen LogP contribution in [0.5, 0.6) is 0 Å². The van der Waals surface area contributed by atoms with Gasteiger partial charge < -0.3 is 19.7 Å². The number of methoxy groups -OCH3 is 1. The molecule has 0 spiro atoms. The molecule has 0 saturated carbocycles. The zero-order chi connectivity index (χ0) is 19.9. The summed E-state index contributed by atoms with van der Waals surface area (Å²) >= 11 is 1.38. The maximum atomic E-state index is 12.2. The van der Waals surface area contributed by atoms with Gasteiger partial charge in [-0.1, -0.05) is 23.9 Å². The summed E-state index contributed by atoms with van der Waals surface area (Å²) < 4.78 is 12.5. The molecule has 1 aliphatic rings.